The van der Waals surface area contributed by atoms with E-state index in [2.05, 4.69) is 43.6 Å². The number of benzene rings is 1. The number of non-ortho nitro benzene ring substituents is 1. The molecule has 0 heterocycles. The third kappa shape index (κ3) is 8.86. The van der Waals surface area contributed by atoms with Crippen LogP contribution in [0.5, 0.6) is 0 Å². The van der Waals surface area contributed by atoms with Gasteiger partial charge in [0.05, 0.1) is 36.8 Å². The third-order valence-electron chi connectivity index (χ3n) is 5.30. The van der Waals surface area contributed by atoms with Crippen LogP contribution in [0.4, 0.5) is 42.1 Å². The number of halogens is 8. The lowest BCUT2D eigenvalue weighted by Gasteiger charge is -2.38. The van der Waals surface area contributed by atoms with Crippen LogP contribution >= 0.6 is 15.9 Å². The number of nitrogens with one attached hydrogen (secondary N) is 1. The number of hydrogen-bond acceptors (Lipinski definition) is 3. The van der Waals surface area contributed by atoms with Gasteiger partial charge in [0, 0.05) is 16.6 Å². The second-order valence-electron chi connectivity index (χ2n) is 8.27. The summed E-state index contributed by atoms with van der Waals surface area (Å²) in [6.45, 7) is 14.8. The molecule has 0 radical (unpaired) electrons. The fourth-order valence-corrected chi connectivity index (χ4v) is 4.38. The van der Waals surface area contributed by atoms with Gasteiger partial charge in [-0.05, 0) is 47.7 Å². The summed E-state index contributed by atoms with van der Waals surface area (Å²) in [5.41, 5.74) is -7.41. The molecule has 0 spiro atoms. The number of nitrogens with zero attached hydrogens (tertiary/aromatic N) is 2. The summed E-state index contributed by atoms with van der Waals surface area (Å²) < 4.78 is 88.6. The smallest absolute Gasteiger partial charge is 0.324 e. The standard InChI is InChI=1S/C12H28N.C10H4BrF7N2O3/c1-5-9-13(10-6-2,11-7-3)12-8-4;11-5-3-4(20(22)23)1-2-6(5)19-7(21)8(12,9(13,14)15)10(16,17)18/h5-12H2,1-4H3;1-3H,(H,19,21)/q+1;. The summed E-state index contributed by atoms with van der Waals surface area (Å²) in [6.07, 6.45) is -7.77. The highest BCUT2D eigenvalue weighted by molar-refractivity contribution is 9.10. The van der Waals surface area contributed by atoms with Crippen molar-refractivity contribution in [2.75, 3.05) is 31.5 Å². The Kier molecular flexibility index (Phi) is 13.3. The van der Waals surface area contributed by atoms with Crippen molar-refractivity contribution in [1.29, 1.82) is 0 Å². The van der Waals surface area contributed by atoms with Crippen LogP contribution in [0.3, 0.4) is 0 Å². The van der Waals surface area contributed by atoms with E-state index in [1.807, 2.05) is 0 Å². The maximum absolute atomic E-state index is 13.4. The zero-order valence-electron chi connectivity index (χ0n) is 20.5. The summed E-state index contributed by atoms with van der Waals surface area (Å²) in [7, 11) is 0. The number of carbonyl (C=O) groups is 1. The Balaban J connectivity index is 0.000000802. The number of amides is 1. The van der Waals surface area contributed by atoms with Crippen LogP contribution in [0, 0.1) is 10.1 Å². The number of hydrogen-bond donors (Lipinski definition) is 1. The van der Waals surface area contributed by atoms with Gasteiger partial charge in [-0.15, -0.1) is 0 Å². The molecule has 0 unspecified atom stereocenters. The lowest BCUT2D eigenvalue weighted by Crippen LogP contribution is -2.60. The van der Waals surface area contributed by atoms with Crippen molar-refractivity contribution in [1.82, 2.24) is 0 Å². The molecule has 1 rings (SSSR count). The van der Waals surface area contributed by atoms with Gasteiger partial charge >= 0.3 is 18.0 Å². The molecule has 14 heteroatoms. The van der Waals surface area contributed by atoms with E-state index in [4.69, 9.17) is 0 Å². The first-order valence-corrected chi connectivity index (χ1v) is 12.2. The molecular formula is C22H32BrF7N3O3+. The van der Waals surface area contributed by atoms with E-state index in [0.717, 1.165) is 5.32 Å². The molecule has 0 atom stereocenters. The van der Waals surface area contributed by atoms with Crippen LogP contribution < -0.4 is 5.32 Å². The fourth-order valence-electron chi connectivity index (χ4n) is 3.91. The van der Waals surface area contributed by atoms with Gasteiger partial charge < -0.3 is 9.80 Å². The number of quaternary nitrogens is 1. The van der Waals surface area contributed by atoms with Crippen LogP contribution in [0.2, 0.25) is 0 Å². The van der Waals surface area contributed by atoms with Crippen molar-refractivity contribution >= 4 is 33.2 Å². The third-order valence-corrected chi connectivity index (χ3v) is 5.95. The Morgan fingerprint density at radius 3 is 1.56 bits per heavy atom. The lowest BCUT2D eigenvalue weighted by atomic mass is 10.0. The van der Waals surface area contributed by atoms with Crippen LogP contribution in [-0.2, 0) is 4.79 Å². The van der Waals surface area contributed by atoms with Gasteiger partial charge in [0.1, 0.15) is 0 Å². The van der Waals surface area contributed by atoms with E-state index in [-0.39, 0.29) is 0 Å². The number of rotatable bonds is 11. The molecule has 208 valence electrons. The van der Waals surface area contributed by atoms with Gasteiger partial charge in [0.2, 0.25) is 0 Å². The van der Waals surface area contributed by atoms with Gasteiger partial charge in [-0.25, -0.2) is 4.39 Å². The van der Waals surface area contributed by atoms with Crippen molar-refractivity contribution in [3.8, 4) is 0 Å². The molecule has 0 aliphatic rings. The molecule has 6 nitrogen and oxygen atoms in total. The topological polar surface area (TPSA) is 72.2 Å². The fraction of sp³-hybridized carbons (Fsp3) is 0.682. The Hall–Kier alpha value is -1.96. The molecule has 1 aromatic carbocycles. The van der Waals surface area contributed by atoms with E-state index in [1.165, 1.54) is 56.3 Å². The SMILES string of the molecule is CCC[N+](CCC)(CCC)CCC.O=C(Nc1ccc([N+](=O)[O-])cc1Br)C(F)(C(F)(F)F)C(F)(F)F. The Bertz CT molecular complexity index is 821. The molecular weight excluding hydrogens is 567 g/mol. The second kappa shape index (κ2) is 14.1. The molecule has 0 saturated carbocycles. The lowest BCUT2D eigenvalue weighted by molar-refractivity contribution is -0.928. The van der Waals surface area contributed by atoms with Crippen molar-refractivity contribution in [2.24, 2.45) is 0 Å². The Labute approximate surface area is 214 Å². The van der Waals surface area contributed by atoms with E-state index in [9.17, 15) is 45.6 Å². The first-order chi connectivity index (χ1) is 16.5. The molecule has 36 heavy (non-hydrogen) atoms. The molecule has 1 N–H and O–H groups in total. The van der Waals surface area contributed by atoms with E-state index in [1.54, 1.807) is 0 Å². The van der Waals surface area contributed by atoms with Gasteiger partial charge in [-0.1, -0.05) is 27.7 Å². The Morgan fingerprint density at radius 1 is 0.889 bits per heavy atom. The summed E-state index contributed by atoms with van der Waals surface area (Å²) in [5, 5.41) is 11.6. The Morgan fingerprint density at radius 2 is 1.28 bits per heavy atom. The maximum atomic E-state index is 13.4. The van der Waals surface area contributed by atoms with Crippen molar-refractivity contribution in [3.63, 3.8) is 0 Å². The monoisotopic (exact) mass is 598 g/mol. The van der Waals surface area contributed by atoms with Gasteiger partial charge in [0.15, 0.2) is 0 Å². The highest BCUT2D eigenvalue weighted by atomic mass is 79.9. The number of anilines is 1. The summed E-state index contributed by atoms with van der Waals surface area (Å²) in [4.78, 5) is 20.8. The minimum Gasteiger partial charge on any atom is -0.324 e. The molecule has 0 bridgehead atoms. The zero-order chi connectivity index (χ0) is 28.4. The number of nitro groups is 1. The zero-order valence-corrected chi connectivity index (χ0v) is 22.1. The summed E-state index contributed by atoms with van der Waals surface area (Å²) in [5.74, 6) is -3.02. The van der Waals surface area contributed by atoms with Crippen LogP contribution in [-0.4, -0.2) is 59.5 Å². The first-order valence-electron chi connectivity index (χ1n) is 11.4. The van der Waals surface area contributed by atoms with E-state index in [0.29, 0.717) is 18.2 Å². The first kappa shape index (κ1) is 34.0. The van der Waals surface area contributed by atoms with Crippen LogP contribution in [0.25, 0.3) is 0 Å². The molecule has 1 aromatic rings. The van der Waals surface area contributed by atoms with Gasteiger partial charge in [0.25, 0.3) is 11.6 Å². The van der Waals surface area contributed by atoms with Crippen molar-refractivity contribution in [3.05, 3.63) is 32.8 Å². The predicted molar refractivity (Wildman–Crippen MR) is 126 cm³/mol. The minimum absolute atomic E-state index is 0.410. The van der Waals surface area contributed by atoms with Crippen LogP contribution in [0.15, 0.2) is 22.7 Å². The quantitative estimate of drug-likeness (QED) is 0.123. The van der Waals surface area contributed by atoms with Gasteiger partial charge in [-0.2, -0.15) is 26.3 Å². The maximum Gasteiger partial charge on any atom is 0.441 e. The number of carbonyl (C=O) groups excluding carboxylic acids is 1. The average Bonchev–Trinajstić information content (AvgIpc) is 2.74. The average molecular weight is 599 g/mol. The minimum atomic E-state index is -6.55. The van der Waals surface area contributed by atoms with E-state index >= 15 is 0 Å². The number of nitro benzene ring substituents is 1. The summed E-state index contributed by atoms with van der Waals surface area (Å²) in [6, 6.07) is 2.05. The molecule has 0 aromatic heterocycles. The molecule has 0 aliphatic carbocycles. The molecule has 1 amide bonds. The largest absolute Gasteiger partial charge is 0.441 e. The molecule has 0 aliphatic heterocycles. The highest BCUT2D eigenvalue weighted by Crippen LogP contribution is 2.47. The normalized spacial score (nSPS) is 12.6. The van der Waals surface area contributed by atoms with E-state index < -0.39 is 44.7 Å². The highest BCUT2D eigenvalue weighted by Gasteiger charge is 2.77. The summed E-state index contributed by atoms with van der Waals surface area (Å²) >= 11 is 2.61. The van der Waals surface area contributed by atoms with Gasteiger partial charge in [-0.3, -0.25) is 14.9 Å². The second-order valence-corrected chi connectivity index (χ2v) is 9.12. The molecule has 0 fully saturated rings. The van der Waals surface area contributed by atoms with Crippen molar-refractivity contribution < 1.29 is 44.9 Å². The van der Waals surface area contributed by atoms with Crippen molar-refractivity contribution in [2.45, 2.75) is 71.4 Å². The number of alkyl halides is 7. The molecule has 0 saturated heterocycles. The predicted octanol–water partition coefficient (Wildman–Crippen LogP) is 7.57. The van der Waals surface area contributed by atoms with Crippen LogP contribution in [0.1, 0.15) is 53.4 Å².